The number of fused-ring (bicyclic) bond motifs is 7. The van der Waals surface area contributed by atoms with E-state index in [0.717, 1.165) is 12.2 Å². The minimum absolute atomic E-state index is 0.0341. The van der Waals surface area contributed by atoms with Crippen LogP contribution in [0, 0.1) is 13.8 Å². The third kappa shape index (κ3) is 4.56. The summed E-state index contributed by atoms with van der Waals surface area (Å²) in [5, 5.41) is 0. The average Bonchev–Trinajstić information content (AvgIpc) is 3.65. The Labute approximate surface area is 297 Å². The highest BCUT2D eigenvalue weighted by Gasteiger charge is 2.58. The summed E-state index contributed by atoms with van der Waals surface area (Å²) in [6.45, 7) is 15.5. The third-order valence-corrected chi connectivity index (χ3v) is 14.1. The fourth-order valence-corrected chi connectivity index (χ4v) is 12.3. The summed E-state index contributed by atoms with van der Waals surface area (Å²) in [5.41, 5.74) is 15.1. The van der Waals surface area contributed by atoms with Crippen molar-refractivity contribution in [3.8, 4) is 11.5 Å². The standard InChI is InChI=1S/C43H48N6S/c1-10-11-18-29(2)25-34-28-50(9)48(35-20-13-12-19-31(35)4)32(5)40-26-30(3)27-41(49(40)50)43-45(8)37-22-15-17-24-39(37)47(43)33(6)46-38-23-16-14-21-36(38)44(7)42(34)46/h10,12-27,33H,1,11,28H2,2-9H3/q+4/b29-18-,34-25+/t33-/m1/s1. The summed E-state index contributed by atoms with van der Waals surface area (Å²) in [5.74, 6) is 3.30. The second-order valence-electron chi connectivity index (χ2n) is 14.2. The first-order chi connectivity index (χ1) is 24.1. The van der Waals surface area contributed by atoms with Gasteiger partial charge in [-0.3, -0.25) is 0 Å². The van der Waals surface area contributed by atoms with Gasteiger partial charge in [-0.1, -0.05) is 68.1 Å². The number of aryl methyl sites for hydroxylation is 4. The second kappa shape index (κ2) is 11.8. The molecule has 1 unspecified atom stereocenters. The smallest absolute Gasteiger partial charge is 0.226 e. The highest BCUT2D eigenvalue weighted by atomic mass is 32.3. The van der Waals surface area contributed by atoms with Gasteiger partial charge in [0, 0.05) is 37.6 Å². The van der Waals surface area contributed by atoms with Crippen molar-refractivity contribution < 1.29 is 17.1 Å². The molecule has 0 radical (unpaired) electrons. The summed E-state index contributed by atoms with van der Waals surface area (Å²) < 4.78 is 15.5. The van der Waals surface area contributed by atoms with Crippen LogP contribution in [0.3, 0.4) is 0 Å². The molecule has 0 N–H and O–H groups in total. The number of pyridine rings is 1. The number of allylic oxidation sites excluding steroid dienone is 4. The van der Waals surface area contributed by atoms with E-state index in [2.05, 4.69) is 185 Å². The molecular formula is C43H48N6S+4. The van der Waals surface area contributed by atoms with Gasteiger partial charge in [-0.25, -0.2) is 9.13 Å². The topological polar surface area (TPSA) is 24.5 Å². The van der Waals surface area contributed by atoms with Crippen LogP contribution >= 0.6 is 10.4 Å². The van der Waals surface area contributed by atoms with E-state index >= 15 is 0 Å². The highest BCUT2D eigenvalue weighted by Crippen LogP contribution is 2.54. The number of aromatic nitrogens is 5. The SMILES string of the molecule is C=CC/C=C(C)\C=C1/CS2(C)[N+](c3ccccc3C)=C(C)c3cc(C)cc([n+]32)-c2n(c3ccccc3[n+]2C)[C@H](C)n2c1[n+](C)c1ccccc12. The molecule has 0 saturated heterocycles. The largest absolute Gasteiger partial charge is 0.360 e. The zero-order valence-corrected chi connectivity index (χ0v) is 31.4. The quantitative estimate of drug-likeness (QED) is 0.133. The van der Waals surface area contributed by atoms with E-state index in [4.69, 9.17) is 0 Å². The first-order valence-corrected chi connectivity index (χ1v) is 19.7. The summed E-state index contributed by atoms with van der Waals surface area (Å²) in [7, 11) is 2.68. The van der Waals surface area contributed by atoms with Crippen LogP contribution < -0.4 is 13.1 Å². The Morgan fingerprint density at radius 3 is 2.08 bits per heavy atom. The van der Waals surface area contributed by atoms with Crippen molar-refractivity contribution in [2.45, 2.75) is 47.2 Å². The molecule has 0 fully saturated rings. The van der Waals surface area contributed by atoms with Gasteiger partial charge in [0.2, 0.25) is 11.9 Å². The molecule has 0 aliphatic carbocycles. The molecule has 5 heterocycles. The highest BCUT2D eigenvalue weighted by molar-refractivity contribution is 8.23. The lowest BCUT2D eigenvalue weighted by Gasteiger charge is -2.26. The van der Waals surface area contributed by atoms with Crippen molar-refractivity contribution in [1.82, 2.24) is 9.13 Å². The van der Waals surface area contributed by atoms with E-state index in [1.807, 2.05) is 6.08 Å². The second-order valence-corrected chi connectivity index (χ2v) is 17.2. The van der Waals surface area contributed by atoms with Crippen LogP contribution in [0.2, 0.25) is 0 Å². The molecule has 8 rings (SSSR count). The average molecular weight is 681 g/mol. The molecule has 6 nitrogen and oxygen atoms in total. The lowest BCUT2D eigenvalue weighted by atomic mass is 10.1. The van der Waals surface area contributed by atoms with Crippen LogP contribution in [0.25, 0.3) is 39.2 Å². The Morgan fingerprint density at radius 2 is 1.42 bits per heavy atom. The Kier molecular flexibility index (Phi) is 7.60. The lowest BCUT2D eigenvalue weighted by Crippen LogP contribution is -2.49. The summed E-state index contributed by atoms with van der Waals surface area (Å²) in [6, 6.07) is 31.5. The van der Waals surface area contributed by atoms with E-state index in [1.165, 1.54) is 78.8 Å². The normalized spacial score (nSPS) is 20.9. The Balaban J connectivity index is 1.60. The summed E-state index contributed by atoms with van der Waals surface area (Å²) in [6.07, 6.45) is 10.1. The van der Waals surface area contributed by atoms with Crippen molar-refractivity contribution in [3.05, 3.63) is 138 Å². The molecule has 0 spiro atoms. The molecule has 3 aromatic carbocycles. The predicted molar refractivity (Wildman–Crippen MR) is 208 cm³/mol. The van der Waals surface area contributed by atoms with Crippen molar-refractivity contribution in [2.24, 2.45) is 14.1 Å². The Bertz CT molecular complexity index is 2510. The van der Waals surface area contributed by atoms with Gasteiger partial charge in [0.05, 0.1) is 25.9 Å². The van der Waals surface area contributed by atoms with Gasteiger partial charge >= 0.3 is 11.5 Å². The van der Waals surface area contributed by atoms with Crippen LogP contribution in [0.1, 0.15) is 56.0 Å². The Hall–Kier alpha value is -5.01. The molecule has 7 heteroatoms. The number of imidazole rings is 2. The van der Waals surface area contributed by atoms with E-state index < -0.39 is 10.4 Å². The monoisotopic (exact) mass is 680 g/mol. The van der Waals surface area contributed by atoms with Crippen LogP contribution in [0.15, 0.2) is 115 Å². The van der Waals surface area contributed by atoms with Crippen LogP contribution in [0.4, 0.5) is 5.69 Å². The third-order valence-electron chi connectivity index (χ3n) is 10.8. The van der Waals surface area contributed by atoms with Crippen molar-refractivity contribution in [3.63, 3.8) is 0 Å². The van der Waals surface area contributed by atoms with E-state index in [0.29, 0.717) is 0 Å². The molecule has 2 atom stereocenters. The fraction of sp³-hybridized carbons (Fsp3) is 0.256. The van der Waals surface area contributed by atoms with Gasteiger partial charge in [0.1, 0.15) is 5.75 Å². The van der Waals surface area contributed by atoms with Crippen LogP contribution in [-0.4, -0.2) is 30.8 Å². The number of rotatable bonds is 4. The van der Waals surface area contributed by atoms with Crippen molar-refractivity contribution in [1.29, 1.82) is 0 Å². The molecule has 0 saturated carbocycles. The van der Waals surface area contributed by atoms with Gasteiger partial charge in [-0.15, -0.1) is 6.58 Å². The number of hydrogen-bond donors (Lipinski definition) is 0. The number of para-hydroxylation sites is 5. The molecule has 6 aromatic rings. The number of benzene rings is 3. The molecule has 252 valence electrons. The van der Waals surface area contributed by atoms with E-state index in [1.54, 1.807) is 0 Å². The maximum absolute atomic E-state index is 4.02. The number of hydrogen-bond acceptors (Lipinski definition) is 0. The molecule has 2 aliphatic heterocycles. The van der Waals surface area contributed by atoms with Crippen LogP contribution in [-0.2, 0) is 14.1 Å². The zero-order chi connectivity index (χ0) is 35.1. The maximum atomic E-state index is 4.02. The van der Waals surface area contributed by atoms with Crippen molar-refractivity contribution >= 4 is 49.4 Å². The molecular weight excluding hydrogens is 633 g/mol. The lowest BCUT2D eigenvalue weighted by molar-refractivity contribution is -0.648. The van der Waals surface area contributed by atoms with Gasteiger partial charge in [0.15, 0.2) is 32.5 Å². The first-order valence-electron chi connectivity index (χ1n) is 17.6. The maximum Gasteiger partial charge on any atom is 0.360 e. The van der Waals surface area contributed by atoms with Crippen molar-refractivity contribution in [2.75, 3.05) is 12.0 Å². The van der Waals surface area contributed by atoms with Gasteiger partial charge in [0.25, 0.3) is 17.2 Å². The summed E-state index contributed by atoms with van der Waals surface area (Å²) in [4.78, 5) is 0. The van der Waals surface area contributed by atoms with E-state index in [9.17, 15) is 0 Å². The van der Waals surface area contributed by atoms with Gasteiger partial charge in [-0.05, 0) is 63.1 Å². The molecule has 2 aliphatic rings. The summed E-state index contributed by atoms with van der Waals surface area (Å²) >= 11 is 0. The molecule has 50 heavy (non-hydrogen) atoms. The number of nitrogens with zero attached hydrogens (tertiary/aromatic N) is 6. The minimum atomic E-state index is -1.81. The zero-order valence-electron chi connectivity index (χ0n) is 30.6. The predicted octanol–water partition coefficient (Wildman–Crippen LogP) is 8.08. The Morgan fingerprint density at radius 1 is 0.840 bits per heavy atom. The molecule has 0 amide bonds. The van der Waals surface area contributed by atoms with Gasteiger partial charge < -0.3 is 0 Å². The van der Waals surface area contributed by atoms with Gasteiger partial charge in [-0.2, -0.15) is 9.13 Å². The molecule has 0 bridgehead atoms. The minimum Gasteiger partial charge on any atom is -0.226 e. The first kappa shape index (κ1) is 32.2. The van der Waals surface area contributed by atoms with Crippen LogP contribution in [0.5, 0.6) is 0 Å². The molecule has 3 aromatic heterocycles. The fourth-order valence-electron chi connectivity index (χ4n) is 8.63. The van der Waals surface area contributed by atoms with E-state index in [-0.39, 0.29) is 6.17 Å².